The van der Waals surface area contributed by atoms with E-state index in [0.717, 1.165) is 0 Å². The molecule has 0 radical (unpaired) electrons. The molecule has 19 heavy (non-hydrogen) atoms. The van der Waals surface area contributed by atoms with Gasteiger partial charge in [0.2, 0.25) is 0 Å². The van der Waals surface area contributed by atoms with E-state index in [2.05, 4.69) is 53.3 Å². The van der Waals surface area contributed by atoms with Gasteiger partial charge < -0.3 is 5.32 Å². The highest BCUT2D eigenvalue weighted by Crippen LogP contribution is 2.31. The molecule has 0 spiro atoms. The standard InChI is InChI=1S/C17H26BrN/c1-3-14(4-2)16-9-8-13(12-17(16)18)11-15-7-5-6-10-19-15/h8-9,12,14-15,19H,3-7,10-11H2,1-2H3. The van der Waals surface area contributed by atoms with Crippen LogP contribution in [0.2, 0.25) is 0 Å². The van der Waals surface area contributed by atoms with Crippen LogP contribution >= 0.6 is 15.9 Å². The van der Waals surface area contributed by atoms with Crippen LogP contribution in [0.3, 0.4) is 0 Å². The van der Waals surface area contributed by atoms with Crippen LogP contribution in [0, 0.1) is 0 Å². The van der Waals surface area contributed by atoms with Gasteiger partial charge in [0.05, 0.1) is 0 Å². The van der Waals surface area contributed by atoms with Gasteiger partial charge in [-0.3, -0.25) is 0 Å². The largest absolute Gasteiger partial charge is 0.314 e. The van der Waals surface area contributed by atoms with Crippen molar-refractivity contribution < 1.29 is 0 Å². The topological polar surface area (TPSA) is 12.0 Å². The normalized spacial score (nSPS) is 19.9. The number of hydrogen-bond acceptors (Lipinski definition) is 1. The summed E-state index contributed by atoms with van der Waals surface area (Å²) in [4.78, 5) is 0. The lowest BCUT2D eigenvalue weighted by Crippen LogP contribution is -2.35. The van der Waals surface area contributed by atoms with Gasteiger partial charge in [-0.25, -0.2) is 0 Å². The number of piperidine rings is 1. The number of hydrogen-bond donors (Lipinski definition) is 1. The van der Waals surface area contributed by atoms with E-state index >= 15 is 0 Å². The van der Waals surface area contributed by atoms with Gasteiger partial charge in [-0.1, -0.05) is 48.3 Å². The molecule has 0 saturated carbocycles. The highest BCUT2D eigenvalue weighted by molar-refractivity contribution is 9.10. The minimum Gasteiger partial charge on any atom is -0.314 e. The minimum absolute atomic E-state index is 0.680. The van der Waals surface area contributed by atoms with Crippen LogP contribution < -0.4 is 5.32 Å². The molecule has 1 aliphatic rings. The number of benzene rings is 1. The monoisotopic (exact) mass is 323 g/mol. The molecular weight excluding hydrogens is 298 g/mol. The summed E-state index contributed by atoms with van der Waals surface area (Å²) < 4.78 is 1.30. The molecule has 1 saturated heterocycles. The van der Waals surface area contributed by atoms with Gasteiger partial charge in [-0.05, 0) is 61.8 Å². The molecule has 0 aromatic heterocycles. The molecule has 1 N–H and O–H groups in total. The third-order valence-electron chi connectivity index (χ3n) is 4.38. The van der Waals surface area contributed by atoms with Gasteiger partial charge in [0, 0.05) is 10.5 Å². The fourth-order valence-electron chi connectivity index (χ4n) is 3.14. The molecule has 2 rings (SSSR count). The van der Waals surface area contributed by atoms with Crippen LogP contribution in [-0.2, 0) is 6.42 Å². The maximum absolute atomic E-state index is 3.77. The molecule has 2 heteroatoms. The summed E-state index contributed by atoms with van der Waals surface area (Å²) >= 11 is 3.77. The lowest BCUT2D eigenvalue weighted by molar-refractivity contribution is 0.399. The van der Waals surface area contributed by atoms with Crippen molar-refractivity contribution in [2.45, 2.75) is 64.3 Å². The Morgan fingerprint density at radius 1 is 1.26 bits per heavy atom. The van der Waals surface area contributed by atoms with Crippen molar-refractivity contribution in [2.24, 2.45) is 0 Å². The molecule has 1 aliphatic heterocycles. The number of rotatable bonds is 5. The average molecular weight is 324 g/mol. The Morgan fingerprint density at radius 3 is 2.63 bits per heavy atom. The van der Waals surface area contributed by atoms with E-state index in [9.17, 15) is 0 Å². The van der Waals surface area contributed by atoms with Crippen LogP contribution in [-0.4, -0.2) is 12.6 Å². The fourth-order valence-corrected chi connectivity index (χ4v) is 3.89. The molecule has 0 bridgehead atoms. The SMILES string of the molecule is CCC(CC)c1ccc(CC2CCCCN2)cc1Br. The Kier molecular flexibility index (Phi) is 5.90. The van der Waals surface area contributed by atoms with Gasteiger partial charge in [-0.2, -0.15) is 0 Å². The molecule has 1 heterocycles. The zero-order valence-electron chi connectivity index (χ0n) is 12.2. The van der Waals surface area contributed by atoms with Crippen molar-refractivity contribution in [1.82, 2.24) is 5.32 Å². The van der Waals surface area contributed by atoms with Crippen molar-refractivity contribution in [3.63, 3.8) is 0 Å². The predicted octanol–water partition coefficient (Wildman–Crippen LogP) is 5.04. The summed E-state index contributed by atoms with van der Waals surface area (Å²) in [5.41, 5.74) is 2.94. The van der Waals surface area contributed by atoms with Gasteiger partial charge >= 0.3 is 0 Å². The first-order valence-corrected chi connectivity index (χ1v) is 8.55. The van der Waals surface area contributed by atoms with Crippen LogP contribution in [0.15, 0.2) is 22.7 Å². The van der Waals surface area contributed by atoms with Crippen LogP contribution in [0.5, 0.6) is 0 Å². The summed E-state index contributed by atoms with van der Waals surface area (Å²) in [5, 5.41) is 3.63. The third-order valence-corrected chi connectivity index (χ3v) is 5.07. The fraction of sp³-hybridized carbons (Fsp3) is 0.647. The van der Waals surface area contributed by atoms with Crippen molar-refractivity contribution >= 4 is 15.9 Å². The smallest absolute Gasteiger partial charge is 0.0212 e. The van der Waals surface area contributed by atoms with Gasteiger partial charge in [0.25, 0.3) is 0 Å². The van der Waals surface area contributed by atoms with Crippen molar-refractivity contribution in [1.29, 1.82) is 0 Å². The maximum atomic E-state index is 3.77. The number of halogens is 1. The third kappa shape index (κ3) is 4.06. The Labute approximate surface area is 126 Å². The average Bonchev–Trinajstić information content (AvgIpc) is 2.43. The molecule has 0 aliphatic carbocycles. The Balaban J connectivity index is 2.05. The summed E-state index contributed by atoms with van der Waals surface area (Å²) in [5.74, 6) is 0.691. The van der Waals surface area contributed by atoms with Crippen LogP contribution in [0.1, 0.15) is 63.0 Å². The lowest BCUT2D eigenvalue weighted by Gasteiger charge is -2.24. The van der Waals surface area contributed by atoms with Crippen molar-refractivity contribution in [3.8, 4) is 0 Å². The first-order valence-electron chi connectivity index (χ1n) is 7.76. The summed E-state index contributed by atoms with van der Waals surface area (Å²) in [7, 11) is 0. The van der Waals surface area contributed by atoms with Gasteiger partial charge in [0.1, 0.15) is 0 Å². The molecular formula is C17H26BrN. The molecule has 1 atom stereocenters. The molecule has 1 fully saturated rings. The molecule has 1 unspecified atom stereocenters. The Bertz CT molecular complexity index is 392. The highest BCUT2D eigenvalue weighted by Gasteiger charge is 2.15. The molecule has 1 aromatic rings. The quantitative estimate of drug-likeness (QED) is 0.800. The van der Waals surface area contributed by atoms with Gasteiger partial charge in [-0.15, -0.1) is 0 Å². The Morgan fingerprint density at radius 2 is 2.05 bits per heavy atom. The van der Waals surface area contributed by atoms with E-state index in [1.165, 1.54) is 60.7 Å². The van der Waals surface area contributed by atoms with E-state index < -0.39 is 0 Å². The molecule has 0 amide bonds. The Hall–Kier alpha value is -0.340. The zero-order chi connectivity index (χ0) is 13.7. The zero-order valence-corrected chi connectivity index (χ0v) is 13.8. The molecule has 1 nitrogen and oxygen atoms in total. The van der Waals surface area contributed by atoms with Crippen molar-refractivity contribution in [3.05, 3.63) is 33.8 Å². The summed E-state index contributed by atoms with van der Waals surface area (Å²) in [6.45, 7) is 5.75. The second-order valence-electron chi connectivity index (χ2n) is 5.72. The van der Waals surface area contributed by atoms with E-state index in [1.807, 2.05) is 0 Å². The first-order chi connectivity index (χ1) is 9.24. The van der Waals surface area contributed by atoms with Crippen molar-refractivity contribution in [2.75, 3.05) is 6.54 Å². The van der Waals surface area contributed by atoms with E-state index in [0.29, 0.717) is 12.0 Å². The van der Waals surface area contributed by atoms with E-state index in [-0.39, 0.29) is 0 Å². The predicted molar refractivity (Wildman–Crippen MR) is 86.8 cm³/mol. The summed E-state index contributed by atoms with van der Waals surface area (Å²) in [6.07, 6.45) is 7.66. The first kappa shape index (κ1) is 15.1. The second kappa shape index (κ2) is 7.44. The van der Waals surface area contributed by atoms with Crippen LogP contribution in [0.25, 0.3) is 0 Å². The molecule has 106 valence electrons. The van der Waals surface area contributed by atoms with E-state index in [1.54, 1.807) is 0 Å². The van der Waals surface area contributed by atoms with Crippen LogP contribution in [0.4, 0.5) is 0 Å². The maximum Gasteiger partial charge on any atom is 0.0212 e. The second-order valence-corrected chi connectivity index (χ2v) is 6.57. The number of nitrogens with one attached hydrogen (secondary N) is 1. The van der Waals surface area contributed by atoms with E-state index in [4.69, 9.17) is 0 Å². The van der Waals surface area contributed by atoms with Gasteiger partial charge in [0.15, 0.2) is 0 Å². The highest BCUT2D eigenvalue weighted by atomic mass is 79.9. The minimum atomic E-state index is 0.680. The molecule has 1 aromatic carbocycles. The summed E-state index contributed by atoms with van der Waals surface area (Å²) in [6, 6.07) is 7.68. The lowest BCUT2D eigenvalue weighted by atomic mass is 9.91.